The molecule has 0 aliphatic carbocycles. The first-order chi connectivity index (χ1) is 9.25. The normalized spacial score (nSPS) is 10.5. The second-order valence-electron chi connectivity index (χ2n) is 5.02. The summed E-state index contributed by atoms with van der Waals surface area (Å²) < 4.78 is 5.90. The van der Waals surface area contributed by atoms with Crippen molar-refractivity contribution in [2.45, 2.75) is 20.3 Å². The zero-order chi connectivity index (χ0) is 13.5. The summed E-state index contributed by atoms with van der Waals surface area (Å²) >= 11 is 0. The largest absolute Gasteiger partial charge is 0.455 e. The van der Waals surface area contributed by atoms with E-state index in [0.717, 1.165) is 30.2 Å². The van der Waals surface area contributed by atoms with Crippen LogP contribution in [0.1, 0.15) is 20.3 Å². The number of ether oxygens (including phenoxy) is 1. The highest BCUT2D eigenvalue weighted by atomic mass is 16.5. The number of hydrogen-bond donors (Lipinski definition) is 1. The van der Waals surface area contributed by atoms with Gasteiger partial charge in [0.05, 0.1) is 5.69 Å². The molecule has 1 N–H and O–H groups in total. The molecule has 2 aromatic rings. The number of anilines is 1. The highest BCUT2D eigenvalue weighted by Crippen LogP contribution is 2.29. The van der Waals surface area contributed by atoms with Gasteiger partial charge in [-0.25, -0.2) is 0 Å². The molecule has 19 heavy (non-hydrogen) atoms. The van der Waals surface area contributed by atoms with Crippen molar-refractivity contribution in [3.8, 4) is 11.5 Å². The first-order valence-corrected chi connectivity index (χ1v) is 6.81. The summed E-state index contributed by atoms with van der Waals surface area (Å²) in [6.45, 7) is 5.43. The number of nitrogens with one attached hydrogen (secondary N) is 1. The number of hydrogen-bond acceptors (Lipinski definition) is 2. The molecule has 0 aliphatic heterocycles. The molecular weight excluding hydrogens is 234 g/mol. The number of rotatable bonds is 6. The fraction of sp³-hybridized carbons (Fsp3) is 0.294. The van der Waals surface area contributed by atoms with Gasteiger partial charge in [0.25, 0.3) is 0 Å². The van der Waals surface area contributed by atoms with Gasteiger partial charge in [0, 0.05) is 6.54 Å². The Morgan fingerprint density at radius 2 is 1.63 bits per heavy atom. The van der Waals surface area contributed by atoms with Crippen LogP contribution in [0.3, 0.4) is 0 Å². The van der Waals surface area contributed by atoms with E-state index in [4.69, 9.17) is 4.74 Å². The van der Waals surface area contributed by atoms with E-state index in [9.17, 15) is 0 Å². The van der Waals surface area contributed by atoms with Crippen molar-refractivity contribution in [3.63, 3.8) is 0 Å². The highest BCUT2D eigenvalue weighted by Gasteiger charge is 2.03. The lowest BCUT2D eigenvalue weighted by atomic mass is 10.1. The third kappa shape index (κ3) is 4.32. The van der Waals surface area contributed by atoms with E-state index in [2.05, 4.69) is 25.2 Å². The third-order valence-corrected chi connectivity index (χ3v) is 2.90. The van der Waals surface area contributed by atoms with Crippen LogP contribution >= 0.6 is 0 Å². The molecule has 0 fully saturated rings. The van der Waals surface area contributed by atoms with E-state index < -0.39 is 0 Å². The lowest BCUT2D eigenvalue weighted by Gasteiger charge is -2.13. The molecule has 0 spiro atoms. The molecule has 2 heteroatoms. The lowest BCUT2D eigenvalue weighted by molar-refractivity contribution is 0.484. The lowest BCUT2D eigenvalue weighted by Crippen LogP contribution is -2.05. The molecule has 0 amide bonds. The summed E-state index contributed by atoms with van der Waals surface area (Å²) in [6, 6.07) is 17.9. The van der Waals surface area contributed by atoms with Gasteiger partial charge in [-0.1, -0.05) is 44.2 Å². The minimum atomic E-state index is 0.703. The maximum atomic E-state index is 5.90. The van der Waals surface area contributed by atoms with Gasteiger partial charge in [0.15, 0.2) is 5.75 Å². The second-order valence-corrected chi connectivity index (χ2v) is 5.02. The Balaban J connectivity index is 2.04. The van der Waals surface area contributed by atoms with Crippen molar-refractivity contribution in [1.82, 2.24) is 0 Å². The topological polar surface area (TPSA) is 21.3 Å². The molecule has 0 bridgehead atoms. The first kappa shape index (κ1) is 13.5. The minimum absolute atomic E-state index is 0.703. The average molecular weight is 255 g/mol. The quantitative estimate of drug-likeness (QED) is 0.789. The molecular formula is C17H21NO. The molecule has 100 valence electrons. The average Bonchev–Trinajstić information content (AvgIpc) is 2.41. The molecule has 0 aromatic heterocycles. The van der Waals surface area contributed by atoms with Crippen LogP contribution in [0.4, 0.5) is 5.69 Å². The molecule has 2 nitrogen and oxygen atoms in total. The van der Waals surface area contributed by atoms with Gasteiger partial charge >= 0.3 is 0 Å². The Bertz CT molecular complexity index is 494. The Hall–Kier alpha value is -1.96. The van der Waals surface area contributed by atoms with E-state index >= 15 is 0 Å². The molecule has 0 unspecified atom stereocenters. The van der Waals surface area contributed by atoms with Gasteiger partial charge < -0.3 is 10.1 Å². The van der Waals surface area contributed by atoms with Crippen molar-refractivity contribution in [3.05, 3.63) is 54.6 Å². The van der Waals surface area contributed by atoms with Crippen molar-refractivity contribution in [2.24, 2.45) is 5.92 Å². The van der Waals surface area contributed by atoms with E-state index in [1.807, 2.05) is 48.5 Å². The van der Waals surface area contributed by atoms with Gasteiger partial charge in [-0.05, 0) is 36.6 Å². The second kappa shape index (κ2) is 6.83. The predicted molar refractivity (Wildman–Crippen MR) is 80.9 cm³/mol. The van der Waals surface area contributed by atoms with Crippen molar-refractivity contribution < 1.29 is 4.74 Å². The van der Waals surface area contributed by atoms with Crippen LogP contribution in [0.15, 0.2) is 54.6 Å². The van der Waals surface area contributed by atoms with Gasteiger partial charge in [-0.15, -0.1) is 0 Å². The van der Waals surface area contributed by atoms with Crippen LogP contribution in [-0.2, 0) is 0 Å². The minimum Gasteiger partial charge on any atom is -0.455 e. The number of para-hydroxylation sites is 3. The zero-order valence-electron chi connectivity index (χ0n) is 11.6. The molecule has 0 radical (unpaired) electrons. The third-order valence-electron chi connectivity index (χ3n) is 2.90. The molecule has 2 rings (SSSR count). The Kier molecular flexibility index (Phi) is 4.85. The molecule has 0 saturated heterocycles. The molecule has 0 saturated carbocycles. The first-order valence-electron chi connectivity index (χ1n) is 6.81. The fourth-order valence-corrected chi connectivity index (χ4v) is 1.81. The Morgan fingerprint density at radius 3 is 2.37 bits per heavy atom. The molecule has 0 atom stereocenters. The van der Waals surface area contributed by atoms with Crippen LogP contribution in [0.2, 0.25) is 0 Å². The van der Waals surface area contributed by atoms with E-state index in [1.165, 1.54) is 0 Å². The summed E-state index contributed by atoms with van der Waals surface area (Å²) in [5.74, 6) is 2.44. The van der Waals surface area contributed by atoms with Gasteiger partial charge in [-0.2, -0.15) is 0 Å². The number of benzene rings is 2. The van der Waals surface area contributed by atoms with Gasteiger partial charge in [0.2, 0.25) is 0 Å². The van der Waals surface area contributed by atoms with Crippen LogP contribution in [-0.4, -0.2) is 6.54 Å². The van der Waals surface area contributed by atoms with E-state index in [0.29, 0.717) is 5.92 Å². The van der Waals surface area contributed by atoms with E-state index in [1.54, 1.807) is 0 Å². The molecule has 2 aromatic carbocycles. The summed E-state index contributed by atoms with van der Waals surface area (Å²) in [5.41, 5.74) is 1.05. The maximum absolute atomic E-state index is 5.90. The van der Waals surface area contributed by atoms with Crippen molar-refractivity contribution in [2.75, 3.05) is 11.9 Å². The monoisotopic (exact) mass is 255 g/mol. The Morgan fingerprint density at radius 1 is 0.947 bits per heavy atom. The van der Waals surface area contributed by atoms with Crippen LogP contribution in [0.25, 0.3) is 0 Å². The standard InChI is InChI=1S/C17H21NO/c1-14(2)12-13-18-16-10-6-7-11-17(16)19-15-8-4-3-5-9-15/h3-11,14,18H,12-13H2,1-2H3. The van der Waals surface area contributed by atoms with Gasteiger partial charge in [-0.3, -0.25) is 0 Å². The summed E-state index contributed by atoms with van der Waals surface area (Å²) in [6.07, 6.45) is 1.15. The zero-order valence-corrected chi connectivity index (χ0v) is 11.6. The Labute approximate surface area is 115 Å². The highest BCUT2D eigenvalue weighted by molar-refractivity contribution is 5.57. The van der Waals surface area contributed by atoms with Crippen LogP contribution in [0, 0.1) is 5.92 Å². The maximum Gasteiger partial charge on any atom is 0.150 e. The van der Waals surface area contributed by atoms with Crippen LogP contribution in [0.5, 0.6) is 11.5 Å². The smallest absolute Gasteiger partial charge is 0.150 e. The van der Waals surface area contributed by atoms with Crippen molar-refractivity contribution in [1.29, 1.82) is 0 Å². The summed E-state index contributed by atoms with van der Waals surface area (Å²) in [4.78, 5) is 0. The molecule has 0 heterocycles. The van der Waals surface area contributed by atoms with Crippen LogP contribution < -0.4 is 10.1 Å². The summed E-state index contributed by atoms with van der Waals surface area (Å²) in [5, 5.41) is 3.44. The van der Waals surface area contributed by atoms with E-state index in [-0.39, 0.29) is 0 Å². The van der Waals surface area contributed by atoms with Crippen molar-refractivity contribution >= 4 is 5.69 Å². The predicted octanol–water partition coefficient (Wildman–Crippen LogP) is 4.94. The summed E-state index contributed by atoms with van der Waals surface area (Å²) in [7, 11) is 0. The fourth-order valence-electron chi connectivity index (χ4n) is 1.81. The van der Waals surface area contributed by atoms with Gasteiger partial charge in [0.1, 0.15) is 5.75 Å². The SMILES string of the molecule is CC(C)CCNc1ccccc1Oc1ccccc1. The molecule has 0 aliphatic rings.